The maximum Gasteiger partial charge on any atom is 0.349 e. The van der Waals surface area contributed by atoms with Crippen LogP contribution in [0.25, 0.3) is 0 Å². The van der Waals surface area contributed by atoms with E-state index >= 15 is 0 Å². The molecule has 186 valence electrons. The van der Waals surface area contributed by atoms with Gasteiger partial charge in [-0.05, 0) is 34.5 Å². The molecule has 2 aromatic carbocycles. The smallest absolute Gasteiger partial charge is 0.346 e. The van der Waals surface area contributed by atoms with E-state index in [1.165, 1.54) is 17.0 Å². The fourth-order valence-electron chi connectivity index (χ4n) is 4.95. The Morgan fingerprint density at radius 2 is 1.65 bits per heavy atom. The molecule has 2 N–H and O–H groups in total. The summed E-state index contributed by atoms with van der Waals surface area (Å²) in [5.74, 6) is -6.55. The monoisotopic (exact) mass is 521 g/mol. The molecule has 1 saturated heterocycles. The Morgan fingerprint density at radius 1 is 1.03 bits per heavy atom. The van der Waals surface area contributed by atoms with Gasteiger partial charge >= 0.3 is 5.92 Å². The lowest BCUT2D eigenvalue weighted by Crippen LogP contribution is -2.75. The molecule has 2 aromatic rings. The van der Waals surface area contributed by atoms with Crippen molar-refractivity contribution >= 4 is 74.5 Å². The lowest BCUT2D eigenvalue weighted by molar-refractivity contribution is -0.147. The predicted octanol–water partition coefficient (Wildman–Crippen LogP) is -2.55. The van der Waals surface area contributed by atoms with Gasteiger partial charge in [0.05, 0.1) is 5.44 Å². The van der Waals surface area contributed by atoms with Gasteiger partial charge in [0.2, 0.25) is 11.8 Å². The normalized spacial score (nSPS) is 22.4. The van der Waals surface area contributed by atoms with E-state index < -0.39 is 45.1 Å². The van der Waals surface area contributed by atoms with Gasteiger partial charge < -0.3 is 10.2 Å². The Morgan fingerprint density at radius 3 is 2.27 bits per heavy atom. The highest BCUT2D eigenvalue weighted by molar-refractivity contribution is 6.66. The molecule has 0 radical (unpaired) electrons. The topological polar surface area (TPSA) is 95.6 Å². The lowest BCUT2D eigenvalue weighted by Gasteiger charge is -2.59. The summed E-state index contributed by atoms with van der Waals surface area (Å²) in [5, 5.41) is 3.08. The highest BCUT2D eigenvalue weighted by atomic mass is 35.5. The molecule has 0 unspecified atom stereocenters. The quantitative estimate of drug-likeness (QED) is 0.335. The van der Waals surface area contributed by atoms with Crippen molar-refractivity contribution in [3.05, 3.63) is 69.7 Å². The summed E-state index contributed by atoms with van der Waals surface area (Å²) < 4.78 is 29.2. The van der Waals surface area contributed by atoms with E-state index in [1.54, 1.807) is 57.4 Å². The molecule has 4 rings (SSSR count). The van der Waals surface area contributed by atoms with Crippen LogP contribution >= 0.6 is 11.6 Å². The molecule has 15 heteroatoms. The predicted molar refractivity (Wildman–Crippen MR) is 147 cm³/mol. The van der Waals surface area contributed by atoms with E-state index in [0.717, 1.165) is 12.1 Å². The molecule has 0 aromatic heterocycles. The largest absolute Gasteiger partial charge is 0.349 e. The van der Waals surface area contributed by atoms with Crippen molar-refractivity contribution in [2.75, 3.05) is 0 Å². The maximum atomic E-state index is 14.6. The number of nitrogens with one attached hydrogen (secondary N) is 2. The minimum atomic E-state index is -3.76. The zero-order valence-corrected chi connectivity index (χ0v) is 21.9. The molecule has 2 aliphatic rings. The molecule has 0 spiro atoms. The third-order valence-corrected chi connectivity index (χ3v) is 8.73. The van der Waals surface area contributed by atoms with Gasteiger partial charge in [0.1, 0.15) is 39.2 Å². The molecule has 37 heavy (non-hydrogen) atoms. The zero-order valence-electron chi connectivity index (χ0n) is 21.2. The van der Waals surface area contributed by atoms with Gasteiger partial charge in [0, 0.05) is 29.2 Å². The van der Waals surface area contributed by atoms with Crippen molar-refractivity contribution in [2.45, 2.75) is 34.9 Å². The number of hydrogen-bond donors (Lipinski definition) is 2. The van der Waals surface area contributed by atoms with Crippen LogP contribution in [-0.2, 0) is 33.4 Å². The minimum absolute atomic E-state index is 0.0918. The van der Waals surface area contributed by atoms with Gasteiger partial charge in [0.15, 0.2) is 0 Å². The van der Waals surface area contributed by atoms with Gasteiger partial charge in [-0.25, -0.2) is 0 Å². The number of carbonyl (C=O) groups is 4. The van der Waals surface area contributed by atoms with E-state index in [9.17, 15) is 28.0 Å². The van der Waals surface area contributed by atoms with Gasteiger partial charge in [-0.3, -0.25) is 24.5 Å². The van der Waals surface area contributed by atoms with E-state index in [2.05, 4.69) is 10.6 Å². The first-order valence-corrected chi connectivity index (χ1v) is 12.1. The SMILES string of the molecule is BC1(B)C(=O)NC(=O)[C@@](B)(N2Cc3cc(CNC(=O)C(F)(F)c4ccc(Cl)cc4)ccc3C2=O)C1(B)B. The van der Waals surface area contributed by atoms with Crippen LogP contribution in [0, 0.1) is 0 Å². The van der Waals surface area contributed by atoms with Crippen molar-refractivity contribution in [2.24, 2.45) is 0 Å². The average molecular weight is 521 g/mol. The maximum absolute atomic E-state index is 14.6. The molecule has 2 aliphatic heterocycles. The number of piperidine rings is 1. The number of fused-ring (bicyclic) bond motifs is 1. The first kappa shape index (κ1) is 27.0. The third-order valence-electron chi connectivity index (χ3n) is 8.47. The Bertz CT molecular complexity index is 1340. The molecule has 4 amide bonds. The van der Waals surface area contributed by atoms with Crippen molar-refractivity contribution < 1.29 is 28.0 Å². The van der Waals surface area contributed by atoms with Crippen molar-refractivity contribution in [3.63, 3.8) is 0 Å². The number of imide groups is 1. The molecule has 2 heterocycles. The van der Waals surface area contributed by atoms with Crippen LogP contribution in [0.15, 0.2) is 42.5 Å². The van der Waals surface area contributed by atoms with Gasteiger partial charge in [-0.1, -0.05) is 41.1 Å². The first-order valence-electron chi connectivity index (χ1n) is 11.8. The van der Waals surface area contributed by atoms with E-state index in [1.807, 2.05) is 0 Å². The van der Waals surface area contributed by atoms with E-state index in [-0.39, 0.29) is 24.0 Å². The van der Waals surface area contributed by atoms with E-state index in [4.69, 9.17) is 11.6 Å². The second kappa shape index (κ2) is 8.79. The second-order valence-corrected chi connectivity index (χ2v) is 11.2. The number of alkyl halides is 2. The summed E-state index contributed by atoms with van der Waals surface area (Å²) in [6.07, 6.45) is 0. The Labute approximate surface area is 222 Å². The third kappa shape index (κ3) is 4.00. The number of nitrogens with zero attached hydrogens (tertiary/aromatic N) is 1. The number of rotatable bonds is 5. The summed E-state index contributed by atoms with van der Waals surface area (Å²) in [7, 11) is 8.71. The van der Waals surface area contributed by atoms with Crippen molar-refractivity contribution in [3.8, 4) is 0 Å². The van der Waals surface area contributed by atoms with Crippen LogP contribution in [0.5, 0.6) is 0 Å². The summed E-state index contributed by atoms with van der Waals surface area (Å²) in [4.78, 5) is 52.8. The fraction of sp³-hybridized carbons (Fsp3) is 0.273. The lowest BCUT2D eigenvalue weighted by atomic mass is 9.21. The highest BCUT2D eigenvalue weighted by Gasteiger charge is 2.64. The van der Waals surface area contributed by atoms with Crippen LogP contribution in [0.2, 0.25) is 15.5 Å². The number of hydrogen-bond acceptors (Lipinski definition) is 4. The van der Waals surface area contributed by atoms with Crippen molar-refractivity contribution in [1.82, 2.24) is 15.5 Å². The van der Waals surface area contributed by atoms with Gasteiger partial charge in [-0.2, -0.15) is 8.78 Å². The van der Waals surface area contributed by atoms with Crippen LogP contribution in [-0.4, -0.2) is 73.2 Å². The second-order valence-electron chi connectivity index (χ2n) is 10.8. The zero-order chi connectivity index (χ0) is 27.6. The molecule has 0 bridgehead atoms. The van der Waals surface area contributed by atoms with Gasteiger partial charge in [-0.15, -0.1) is 0 Å². The number of benzene rings is 2. The average Bonchev–Trinajstić information content (AvgIpc) is 3.17. The molecular weight excluding hydrogens is 498 g/mol. The summed E-state index contributed by atoms with van der Waals surface area (Å²) in [6, 6.07) is 9.54. The number of halogens is 3. The molecule has 7 nitrogen and oxygen atoms in total. The van der Waals surface area contributed by atoms with Crippen molar-refractivity contribution in [1.29, 1.82) is 0 Å². The number of amides is 4. The summed E-state index contributed by atoms with van der Waals surface area (Å²) in [5.41, 5.74) is -0.327. The standard InChI is InChI=1S/C22H23B5ClF2N3O4/c23-20(24)17(36)32-18(37)21(25,22(20,26)27)33-9-11-7-10(1-6-14(11)15(33)34)8-31-16(35)19(29,30)12-2-4-13(28)5-3-12/h1-7H,8-9,23-27H2,(H,31,35)(H,32,36,37)/t21-/m1/s1. The first-order chi connectivity index (χ1) is 17.0. The van der Waals surface area contributed by atoms with Crippen LogP contribution in [0.3, 0.4) is 0 Å². The Kier molecular flexibility index (Phi) is 6.42. The Balaban J connectivity index is 1.54. The summed E-state index contributed by atoms with van der Waals surface area (Å²) >= 11 is 5.74. The molecule has 1 atom stereocenters. The summed E-state index contributed by atoms with van der Waals surface area (Å²) in [6.45, 7) is -0.0945. The highest BCUT2D eigenvalue weighted by Crippen LogP contribution is 2.55. The molecular formula is C22H23B5ClF2N3O4. The minimum Gasteiger partial charge on any atom is -0.346 e. The van der Waals surface area contributed by atoms with Gasteiger partial charge in [0.25, 0.3) is 11.8 Å². The van der Waals surface area contributed by atoms with Crippen LogP contribution in [0.4, 0.5) is 8.78 Å². The van der Waals surface area contributed by atoms with Crippen LogP contribution < -0.4 is 10.6 Å². The number of carbonyl (C=O) groups excluding carboxylic acids is 4. The molecule has 0 aliphatic carbocycles. The molecule has 1 fully saturated rings. The fourth-order valence-corrected chi connectivity index (χ4v) is 5.07. The Hall–Kier alpha value is -3.01. The van der Waals surface area contributed by atoms with Crippen LogP contribution in [0.1, 0.15) is 27.0 Å². The molecule has 0 saturated carbocycles. The van der Waals surface area contributed by atoms with E-state index in [0.29, 0.717) is 16.7 Å².